The second kappa shape index (κ2) is 11.2. The van der Waals surface area contributed by atoms with Crippen LogP contribution in [0.4, 0.5) is 5.13 Å². The Kier molecular flexibility index (Phi) is 8.02. The number of carbonyl (C=O) groups excluding carboxylic acids is 1. The molecule has 4 rings (SSSR count). The van der Waals surface area contributed by atoms with Crippen LogP contribution in [0.1, 0.15) is 37.7 Å². The van der Waals surface area contributed by atoms with Crippen molar-refractivity contribution >= 4 is 42.9 Å². The topological polar surface area (TPSA) is 97.8 Å². The molecule has 0 aliphatic carbocycles. The van der Waals surface area contributed by atoms with Crippen molar-refractivity contribution in [2.75, 3.05) is 25.0 Å². The molecule has 0 unspecified atom stereocenters. The number of rotatable bonds is 10. The van der Waals surface area contributed by atoms with Gasteiger partial charge < -0.3 is 9.47 Å². The Morgan fingerprint density at radius 3 is 2.79 bits per heavy atom. The number of carbonyl (C=O) groups is 1. The van der Waals surface area contributed by atoms with E-state index in [4.69, 9.17) is 9.47 Å². The number of unbranched alkanes of at least 4 members (excludes halogenated alkanes) is 1. The van der Waals surface area contributed by atoms with E-state index in [2.05, 4.69) is 21.8 Å². The van der Waals surface area contributed by atoms with E-state index in [1.807, 2.05) is 24.3 Å². The number of thiazole rings is 1. The number of fused-ring (bicyclic) bond motifs is 1. The number of nitrogens with one attached hydrogen (secondary N) is 1. The molecule has 2 heterocycles. The van der Waals surface area contributed by atoms with Crippen LogP contribution >= 0.6 is 11.3 Å². The zero-order valence-corrected chi connectivity index (χ0v) is 20.7. The molecule has 10 heteroatoms. The zero-order valence-electron chi connectivity index (χ0n) is 19.1. The lowest BCUT2D eigenvalue weighted by Gasteiger charge is -2.32. The van der Waals surface area contributed by atoms with Gasteiger partial charge in [-0.1, -0.05) is 41.7 Å². The molecule has 1 aromatic heterocycles. The van der Waals surface area contributed by atoms with Crippen molar-refractivity contribution in [3.63, 3.8) is 0 Å². The van der Waals surface area contributed by atoms with Crippen molar-refractivity contribution in [2.24, 2.45) is 0 Å². The molecule has 1 atom stereocenters. The van der Waals surface area contributed by atoms with Gasteiger partial charge in [0, 0.05) is 6.54 Å². The minimum Gasteiger partial charge on any atom is -0.497 e. The Bertz CT molecular complexity index is 1210. The minimum absolute atomic E-state index is 0.252. The first-order chi connectivity index (χ1) is 16.5. The summed E-state index contributed by atoms with van der Waals surface area (Å²) < 4.78 is 41.6. The summed E-state index contributed by atoms with van der Waals surface area (Å²) in [5.74, 6) is 0.187. The van der Waals surface area contributed by atoms with Crippen molar-refractivity contribution in [3.8, 4) is 5.75 Å². The molecule has 1 aliphatic heterocycles. The van der Waals surface area contributed by atoms with Crippen LogP contribution in [0.3, 0.4) is 0 Å². The van der Waals surface area contributed by atoms with E-state index in [1.165, 1.54) is 21.2 Å². The summed E-state index contributed by atoms with van der Waals surface area (Å²) in [6.45, 7) is 0.547. The molecule has 8 nitrogen and oxygen atoms in total. The van der Waals surface area contributed by atoms with Crippen LogP contribution in [0.15, 0.2) is 48.5 Å². The van der Waals surface area contributed by atoms with E-state index in [-0.39, 0.29) is 18.3 Å². The average Bonchev–Trinajstić information content (AvgIpc) is 3.25. The number of benzene rings is 2. The quantitative estimate of drug-likeness (QED) is 0.326. The number of piperidine rings is 1. The third-order valence-corrected chi connectivity index (χ3v) is 8.36. The fourth-order valence-corrected chi connectivity index (χ4v) is 6.53. The van der Waals surface area contributed by atoms with Gasteiger partial charge in [-0.05, 0) is 62.3 Å². The highest BCUT2D eigenvalue weighted by Crippen LogP contribution is 2.31. The summed E-state index contributed by atoms with van der Waals surface area (Å²) in [7, 11) is -2.39. The van der Waals surface area contributed by atoms with E-state index in [0.29, 0.717) is 24.1 Å². The monoisotopic (exact) mass is 503 g/mol. The third kappa shape index (κ3) is 6.05. The van der Waals surface area contributed by atoms with Gasteiger partial charge in [0.25, 0.3) is 0 Å². The van der Waals surface area contributed by atoms with Crippen LogP contribution in [-0.4, -0.2) is 50.0 Å². The van der Waals surface area contributed by atoms with Gasteiger partial charge in [-0.2, -0.15) is 12.7 Å². The largest absolute Gasteiger partial charge is 0.497 e. The van der Waals surface area contributed by atoms with Crippen molar-refractivity contribution in [1.29, 1.82) is 0 Å². The molecule has 2 aromatic carbocycles. The summed E-state index contributed by atoms with van der Waals surface area (Å²) in [6, 6.07) is 14.7. The molecule has 1 saturated heterocycles. The highest BCUT2D eigenvalue weighted by Gasteiger charge is 2.38. The van der Waals surface area contributed by atoms with Gasteiger partial charge >= 0.3 is 16.2 Å². The molecule has 1 N–H and O–H groups in total. The molecule has 0 bridgehead atoms. The lowest BCUT2D eigenvalue weighted by Crippen LogP contribution is -2.50. The number of aromatic nitrogens is 1. The Balaban J connectivity index is 1.35. The van der Waals surface area contributed by atoms with Crippen LogP contribution in [0.25, 0.3) is 10.2 Å². The SMILES string of the molecule is COc1ccc2nc(NS(=O)(=O)N3CCCC[C@H]3C(=O)OCCCCc3ccccc3)sc2c1. The predicted molar refractivity (Wildman–Crippen MR) is 133 cm³/mol. The Morgan fingerprint density at radius 1 is 1.18 bits per heavy atom. The van der Waals surface area contributed by atoms with Gasteiger partial charge in [-0.15, -0.1) is 0 Å². The molecule has 0 radical (unpaired) electrons. The van der Waals surface area contributed by atoms with Crippen molar-refractivity contribution in [1.82, 2.24) is 9.29 Å². The number of esters is 1. The fourth-order valence-electron chi connectivity index (χ4n) is 4.02. The normalized spacial score (nSPS) is 16.9. The third-order valence-electron chi connectivity index (χ3n) is 5.79. The van der Waals surface area contributed by atoms with Crippen molar-refractivity contribution < 1.29 is 22.7 Å². The Labute approximate surface area is 204 Å². The summed E-state index contributed by atoms with van der Waals surface area (Å²) >= 11 is 1.22. The Morgan fingerprint density at radius 2 is 2.00 bits per heavy atom. The molecule has 1 fully saturated rings. The molecule has 182 valence electrons. The van der Waals surface area contributed by atoms with Gasteiger partial charge in [-0.3, -0.25) is 4.79 Å². The summed E-state index contributed by atoms with van der Waals surface area (Å²) in [6.07, 6.45) is 4.46. The number of hydrogen-bond acceptors (Lipinski definition) is 7. The van der Waals surface area contributed by atoms with E-state index in [0.717, 1.165) is 30.4 Å². The lowest BCUT2D eigenvalue weighted by atomic mass is 10.1. The highest BCUT2D eigenvalue weighted by atomic mass is 32.2. The van der Waals surface area contributed by atoms with Crippen LogP contribution in [0.5, 0.6) is 5.75 Å². The molecular weight excluding hydrogens is 474 g/mol. The number of hydrogen-bond donors (Lipinski definition) is 1. The number of nitrogens with zero attached hydrogens (tertiary/aromatic N) is 2. The second-order valence-corrected chi connectivity index (χ2v) is 10.8. The highest BCUT2D eigenvalue weighted by molar-refractivity contribution is 7.90. The van der Waals surface area contributed by atoms with E-state index in [9.17, 15) is 13.2 Å². The maximum atomic E-state index is 13.2. The van der Waals surface area contributed by atoms with Gasteiger partial charge in [0.15, 0.2) is 5.13 Å². The van der Waals surface area contributed by atoms with Crippen LogP contribution in [0.2, 0.25) is 0 Å². The first kappa shape index (κ1) is 24.4. The molecule has 0 amide bonds. The van der Waals surface area contributed by atoms with Gasteiger partial charge in [-0.25, -0.2) is 9.71 Å². The Hall–Kier alpha value is -2.69. The maximum absolute atomic E-state index is 13.2. The number of methoxy groups -OCH3 is 1. The van der Waals surface area contributed by atoms with Crippen molar-refractivity contribution in [3.05, 3.63) is 54.1 Å². The molecular formula is C24H29N3O5S2. The van der Waals surface area contributed by atoms with Crippen LogP contribution in [-0.2, 0) is 26.2 Å². The van der Waals surface area contributed by atoms with E-state index >= 15 is 0 Å². The first-order valence-electron chi connectivity index (χ1n) is 11.4. The van der Waals surface area contributed by atoms with E-state index < -0.39 is 22.2 Å². The van der Waals surface area contributed by atoms with Gasteiger partial charge in [0.1, 0.15) is 11.8 Å². The van der Waals surface area contributed by atoms with Crippen LogP contribution < -0.4 is 9.46 Å². The summed E-state index contributed by atoms with van der Waals surface area (Å²) in [5.41, 5.74) is 1.92. The molecule has 3 aromatic rings. The average molecular weight is 504 g/mol. The maximum Gasteiger partial charge on any atom is 0.324 e. The molecule has 0 saturated carbocycles. The number of anilines is 1. The lowest BCUT2D eigenvalue weighted by molar-refractivity contribution is -0.149. The first-order valence-corrected chi connectivity index (χ1v) is 13.7. The van der Waals surface area contributed by atoms with Gasteiger partial charge in [0.2, 0.25) is 0 Å². The standard InChI is InChI=1S/C24H29N3O5S2/c1-31-19-13-14-20-22(17-19)33-24(25-20)26-34(29,30)27-15-7-5-12-21(27)23(28)32-16-8-6-11-18-9-3-2-4-10-18/h2-4,9-10,13-14,17,21H,5-8,11-12,15-16H2,1H3,(H,25,26)/t21-/m0/s1. The van der Waals surface area contributed by atoms with Gasteiger partial charge in [0.05, 0.1) is 23.9 Å². The minimum atomic E-state index is -3.97. The molecule has 1 aliphatic rings. The van der Waals surface area contributed by atoms with Crippen LogP contribution in [0, 0.1) is 0 Å². The number of ether oxygens (including phenoxy) is 2. The fraction of sp³-hybridized carbons (Fsp3) is 0.417. The predicted octanol–water partition coefficient (Wildman–Crippen LogP) is 4.38. The summed E-state index contributed by atoms with van der Waals surface area (Å²) in [4.78, 5) is 17.1. The zero-order chi connectivity index (χ0) is 24.0. The number of aryl methyl sites for hydroxylation is 1. The second-order valence-electron chi connectivity index (χ2n) is 8.19. The van der Waals surface area contributed by atoms with E-state index in [1.54, 1.807) is 19.2 Å². The molecule has 34 heavy (non-hydrogen) atoms. The smallest absolute Gasteiger partial charge is 0.324 e. The van der Waals surface area contributed by atoms with Crippen molar-refractivity contribution in [2.45, 2.75) is 44.6 Å². The molecule has 0 spiro atoms. The summed E-state index contributed by atoms with van der Waals surface area (Å²) in [5, 5.41) is 0.252.